The maximum atomic E-state index is 14.0. The molecule has 0 radical (unpaired) electrons. The molecule has 3 aromatic carbocycles. The zero-order valence-corrected chi connectivity index (χ0v) is 22.1. The molecule has 4 aromatic rings. The van der Waals surface area contributed by atoms with Gasteiger partial charge < -0.3 is 28.7 Å². The van der Waals surface area contributed by atoms with E-state index in [9.17, 15) is 27.6 Å². The molecule has 0 saturated heterocycles. The van der Waals surface area contributed by atoms with Gasteiger partial charge in [0.2, 0.25) is 11.2 Å². The van der Waals surface area contributed by atoms with Crippen LogP contribution in [0.15, 0.2) is 69.9 Å². The Labute approximate surface area is 231 Å². The molecule has 0 unspecified atom stereocenters. The van der Waals surface area contributed by atoms with E-state index in [1.165, 1.54) is 68.8 Å². The topological polar surface area (TPSA) is 113 Å². The van der Waals surface area contributed by atoms with Crippen molar-refractivity contribution in [1.29, 1.82) is 0 Å². The fourth-order valence-corrected chi connectivity index (χ4v) is 3.97. The van der Waals surface area contributed by atoms with Gasteiger partial charge in [-0.05, 0) is 61.0 Å². The molecule has 0 atom stereocenters. The van der Waals surface area contributed by atoms with Crippen molar-refractivity contribution in [3.63, 3.8) is 0 Å². The molecule has 0 aliphatic heterocycles. The van der Waals surface area contributed by atoms with Crippen molar-refractivity contribution in [1.82, 2.24) is 0 Å². The van der Waals surface area contributed by atoms with E-state index in [-0.39, 0.29) is 40.4 Å². The van der Waals surface area contributed by atoms with Crippen molar-refractivity contribution in [2.24, 2.45) is 0 Å². The number of halogens is 3. The van der Waals surface area contributed by atoms with Gasteiger partial charge in [-0.1, -0.05) is 6.07 Å². The van der Waals surface area contributed by atoms with Crippen LogP contribution in [-0.4, -0.2) is 39.3 Å². The minimum Gasteiger partial charge on any atom is -0.493 e. The third-order valence-corrected chi connectivity index (χ3v) is 5.84. The first-order valence-corrected chi connectivity index (χ1v) is 12.2. The number of alkyl halides is 3. The summed E-state index contributed by atoms with van der Waals surface area (Å²) >= 11 is 0. The summed E-state index contributed by atoms with van der Waals surface area (Å²) in [6, 6.07) is 13.6. The molecule has 4 rings (SSSR count). The fraction of sp³-hybridized carbons (Fsp3) is 0.207. The van der Waals surface area contributed by atoms with E-state index in [0.29, 0.717) is 11.3 Å². The van der Waals surface area contributed by atoms with Crippen LogP contribution in [0, 0.1) is 0 Å². The zero-order valence-electron chi connectivity index (χ0n) is 22.1. The third-order valence-electron chi connectivity index (χ3n) is 5.84. The minimum atomic E-state index is -5.00. The summed E-state index contributed by atoms with van der Waals surface area (Å²) in [4.78, 5) is 37.3. The molecule has 0 aliphatic rings. The molecule has 12 heteroatoms. The van der Waals surface area contributed by atoms with E-state index in [0.717, 1.165) is 6.07 Å². The summed E-state index contributed by atoms with van der Waals surface area (Å²) in [5, 5.41) is 2.45. The Balaban J connectivity index is 1.58. The van der Waals surface area contributed by atoms with E-state index in [1.54, 1.807) is 6.92 Å². The van der Waals surface area contributed by atoms with Crippen LogP contribution in [0.3, 0.4) is 0 Å². The molecule has 0 saturated carbocycles. The summed E-state index contributed by atoms with van der Waals surface area (Å²) in [6.07, 6.45) is -5.00. The summed E-state index contributed by atoms with van der Waals surface area (Å²) in [5.41, 5.74) is -1.36. The Morgan fingerprint density at radius 2 is 1.63 bits per heavy atom. The highest BCUT2D eigenvalue weighted by Gasteiger charge is 2.39. The number of esters is 1. The smallest absolute Gasteiger partial charge is 0.450 e. The third kappa shape index (κ3) is 6.43. The lowest BCUT2D eigenvalue weighted by molar-refractivity contribution is -0.152. The normalized spacial score (nSPS) is 11.2. The molecular weight excluding hydrogens is 547 g/mol. The van der Waals surface area contributed by atoms with Crippen molar-refractivity contribution < 1.29 is 46.1 Å². The lowest BCUT2D eigenvalue weighted by Crippen LogP contribution is -2.20. The number of methoxy groups -OCH3 is 2. The number of rotatable bonds is 9. The number of benzene rings is 3. The Hall–Kier alpha value is -5.00. The van der Waals surface area contributed by atoms with Gasteiger partial charge >= 0.3 is 12.1 Å². The van der Waals surface area contributed by atoms with Crippen LogP contribution < -0.4 is 25.0 Å². The van der Waals surface area contributed by atoms with E-state index in [4.69, 9.17) is 23.4 Å². The summed E-state index contributed by atoms with van der Waals surface area (Å²) in [7, 11) is 2.69. The van der Waals surface area contributed by atoms with Crippen molar-refractivity contribution >= 4 is 28.5 Å². The Morgan fingerprint density at radius 3 is 2.27 bits per heavy atom. The largest absolute Gasteiger partial charge is 0.493 e. The molecule has 214 valence electrons. The molecule has 0 bridgehead atoms. The molecule has 0 spiro atoms. The summed E-state index contributed by atoms with van der Waals surface area (Å²) in [6.45, 7) is 1.41. The lowest BCUT2D eigenvalue weighted by atomic mass is 10.0. The van der Waals surface area contributed by atoms with Crippen LogP contribution in [0.25, 0.3) is 22.1 Å². The molecular formula is C29H24F3NO8. The second kappa shape index (κ2) is 12.0. The first-order valence-electron chi connectivity index (χ1n) is 12.2. The highest BCUT2D eigenvalue weighted by Crippen LogP contribution is 2.40. The number of hydrogen-bond donors (Lipinski definition) is 1. The van der Waals surface area contributed by atoms with Gasteiger partial charge in [0, 0.05) is 11.8 Å². The molecule has 0 fully saturated rings. The van der Waals surface area contributed by atoms with Gasteiger partial charge in [0.1, 0.15) is 11.3 Å². The molecule has 41 heavy (non-hydrogen) atoms. The van der Waals surface area contributed by atoms with Gasteiger partial charge in [-0.25, -0.2) is 4.79 Å². The summed E-state index contributed by atoms with van der Waals surface area (Å²) in [5.74, 6) is -2.16. The number of nitrogens with one attached hydrogen (secondary N) is 1. The van der Waals surface area contributed by atoms with Crippen LogP contribution >= 0.6 is 0 Å². The van der Waals surface area contributed by atoms with E-state index in [1.807, 2.05) is 0 Å². The quantitative estimate of drug-likeness (QED) is 0.255. The Kier molecular flexibility index (Phi) is 8.51. The molecule has 1 N–H and O–H groups in total. The lowest BCUT2D eigenvalue weighted by Gasteiger charge is -2.15. The SMILES string of the molecule is CCOC(=O)c1ccc(NC(=O)COc2ccc3c(=O)c(-c4ccc(OC)c(OC)c4)c(C(F)(F)F)oc3c2)cc1. The molecule has 1 amide bonds. The average Bonchev–Trinajstić information content (AvgIpc) is 2.95. The predicted molar refractivity (Wildman–Crippen MR) is 143 cm³/mol. The van der Waals surface area contributed by atoms with E-state index < -0.39 is 41.4 Å². The van der Waals surface area contributed by atoms with Crippen LogP contribution in [0.1, 0.15) is 23.0 Å². The number of carbonyl (C=O) groups is 2. The molecule has 1 aromatic heterocycles. The number of hydrogen-bond acceptors (Lipinski definition) is 8. The molecule has 1 heterocycles. The van der Waals surface area contributed by atoms with Crippen molar-refractivity contribution in [3.8, 4) is 28.4 Å². The van der Waals surface area contributed by atoms with Crippen LogP contribution in [-0.2, 0) is 15.7 Å². The summed E-state index contributed by atoms with van der Waals surface area (Å²) < 4.78 is 67.9. The van der Waals surface area contributed by atoms with Crippen molar-refractivity contribution in [3.05, 3.63) is 82.2 Å². The van der Waals surface area contributed by atoms with Crippen molar-refractivity contribution in [2.75, 3.05) is 32.8 Å². The van der Waals surface area contributed by atoms with Gasteiger partial charge in [0.05, 0.1) is 37.3 Å². The van der Waals surface area contributed by atoms with Gasteiger partial charge in [0.25, 0.3) is 5.91 Å². The number of ether oxygens (including phenoxy) is 4. The monoisotopic (exact) mass is 571 g/mol. The van der Waals surface area contributed by atoms with Gasteiger partial charge in [-0.15, -0.1) is 0 Å². The predicted octanol–water partition coefficient (Wildman–Crippen LogP) is 5.69. The number of carbonyl (C=O) groups excluding carboxylic acids is 2. The second-order valence-corrected chi connectivity index (χ2v) is 8.50. The number of amides is 1. The maximum Gasteiger partial charge on any atom is 0.450 e. The van der Waals surface area contributed by atoms with E-state index in [2.05, 4.69) is 5.32 Å². The van der Waals surface area contributed by atoms with E-state index >= 15 is 0 Å². The second-order valence-electron chi connectivity index (χ2n) is 8.50. The molecule has 0 aliphatic carbocycles. The zero-order chi connectivity index (χ0) is 29.7. The number of anilines is 1. The number of fused-ring (bicyclic) bond motifs is 1. The Bertz CT molecular complexity index is 1650. The van der Waals surface area contributed by atoms with Crippen LogP contribution in [0.5, 0.6) is 17.2 Å². The highest BCUT2D eigenvalue weighted by atomic mass is 19.4. The van der Waals surface area contributed by atoms with Gasteiger partial charge in [-0.2, -0.15) is 13.2 Å². The highest BCUT2D eigenvalue weighted by molar-refractivity contribution is 5.94. The van der Waals surface area contributed by atoms with Crippen LogP contribution in [0.4, 0.5) is 18.9 Å². The van der Waals surface area contributed by atoms with Crippen molar-refractivity contribution in [2.45, 2.75) is 13.1 Å². The van der Waals surface area contributed by atoms with Gasteiger partial charge in [0.15, 0.2) is 18.1 Å². The van der Waals surface area contributed by atoms with Crippen LogP contribution in [0.2, 0.25) is 0 Å². The minimum absolute atomic E-state index is 0.000417. The average molecular weight is 572 g/mol. The molecule has 9 nitrogen and oxygen atoms in total. The first-order chi connectivity index (χ1) is 19.5. The standard InChI is InChI=1S/C29H24F3NO8/c1-4-39-28(36)16-5-8-18(9-6-16)33-24(34)15-40-19-10-11-20-22(14-19)41-27(29(30,31)32)25(26(20)35)17-7-12-21(37-2)23(13-17)38-3/h5-14H,4,15H2,1-3H3,(H,33,34). The van der Waals surface area contributed by atoms with Gasteiger partial charge in [-0.3, -0.25) is 9.59 Å². The fourth-order valence-electron chi connectivity index (χ4n) is 3.97. The first kappa shape index (κ1) is 29.0. The maximum absolute atomic E-state index is 14.0. The Morgan fingerprint density at radius 1 is 0.927 bits per heavy atom.